The number of carbonyl (C=O) groups is 2. The van der Waals surface area contributed by atoms with E-state index in [1.807, 2.05) is 0 Å². The molecule has 5 aliphatic rings. The molecule has 0 aromatic carbocycles. The molecule has 5 aliphatic carbocycles. The van der Waals surface area contributed by atoms with Gasteiger partial charge in [-0.2, -0.15) is 0 Å². The Balaban J connectivity index is 1.56. The van der Waals surface area contributed by atoms with Crippen molar-refractivity contribution in [2.45, 2.75) is 106 Å². The van der Waals surface area contributed by atoms with E-state index in [1.54, 1.807) is 0 Å². The van der Waals surface area contributed by atoms with E-state index in [0.717, 1.165) is 57.8 Å². The van der Waals surface area contributed by atoms with E-state index in [-0.39, 0.29) is 27.6 Å². The van der Waals surface area contributed by atoms with Gasteiger partial charge in [-0.25, -0.2) is 0 Å². The molecule has 4 fully saturated rings. The van der Waals surface area contributed by atoms with Crippen LogP contribution in [0.5, 0.6) is 0 Å². The van der Waals surface area contributed by atoms with Crippen LogP contribution in [0.25, 0.3) is 0 Å². The van der Waals surface area contributed by atoms with Gasteiger partial charge in [-0.05, 0) is 97.7 Å². The topological polar surface area (TPSA) is 54.4 Å². The summed E-state index contributed by atoms with van der Waals surface area (Å²) in [5.74, 6) is 1.71. The highest BCUT2D eigenvalue weighted by molar-refractivity contribution is 5.85. The van der Waals surface area contributed by atoms with Crippen LogP contribution >= 0.6 is 0 Å². The molecule has 0 radical (unpaired) electrons. The zero-order chi connectivity index (χ0) is 23.3. The summed E-state index contributed by atoms with van der Waals surface area (Å²) in [6, 6.07) is 0. The van der Waals surface area contributed by atoms with Crippen molar-refractivity contribution >= 4 is 11.8 Å². The summed E-state index contributed by atoms with van der Waals surface area (Å²) in [6.45, 7) is 14.1. The molecule has 4 unspecified atom stereocenters. The number of allylic oxidation sites excluding steroid dienone is 2. The zero-order valence-electron chi connectivity index (χ0n) is 21.2. The molecule has 0 bridgehead atoms. The number of ketones is 1. The largest absolute Gasteiger partial charge is 0.481 e. The summed E-state index contributed by atoms with van der Waals surface area (Å²) >= 11 is 0. The van der Waals surface area contributed by atoms with Gasteiger partial charge < -0.3 is 5.11 Å². The molecule has 0 aliphatic heterocycles. The molecule has 3 heteroatoms. The molecule has 4 saturated carbocycles. The lowest BCUT2D eigenvalue weighted by Crippen LogP contribution is -2.61. The second-order valence-electron chi connectivity index (χ2n) is 14.2. The van der Waals surface area contributed by atoms with Crippen LogP contribution in [0.15, 0.2) is 11.6 Å². The van der Waals surface area contributed by atoms with Gasteiger partial charge in [-0.3, -0.25) is 9.59 Å². The van der Waals surface area contributed by atoms with Crippen LogP contribution in [0.1, 0.15) is 106 Å². The van der Waals surface area contributed by atoms with Crippen LogP contribution in [0.3, 0.4) is 0 Å². The van der Waals surface area contributed by atoms with Gasteiger partial charge in [0, 0.05) is 11.8 Å². The fourth-order valence-electron chi connectivity index (χ4n) is 10.1. The first kappa shape index (κ1) is 22.7. The van der Waals surface area contributed by atoms with Crippen LogP contribution in [0, 0.1) is 50.7 Å². The van der Waals surface area contributed by atoms with E-state index in [9.17, 15) is 14.7 Å². The maximum atomic E-state index is 12.8. The summed E-state index contributed by atoms with van der Waals surface area (Å²) in [4.78, 5) is 25.5. The minimum absolute atomic E-state index is 0.204. The molecule has 0 spiro atoms. The van der Waals surface area contributed by atoms with E-state index >= 15 is 0 Å². The average molecular weight is 441 g/mol. The van der Waals surface area contributed by atoms with Gasteiger partial charge in [0.05, 0.1) is 5.41 Å². The Labute approximate surface area is 194 Å². The van der Waals surface area contributed by atoms with Gasteiger partial charge in [0.15, 0.2) is 0 Å². The van der Waals surface area contributed by atoms with Crippen molar-refractivity contribution in [3.63, 3.8) is 0 Å². The van der Waals surface area contributed by atoms with Crippen molar-refractivity contribution < 1.29 is 14.7 Å². The third-order valence-electron chi connectivity index (χ3n) is 12.0. The molecule has 0 aromatic heterocycles. The van der Waals surface area contributed by atoms with Crippen LogP contribution in [0.2, 0.25) is 0 Å². The Morgan fingerprint density at radius 1 is 0.875 bits per heavy atom. The fraction of sp³-hybridized carbons (Fsp3) is 0.862. The maximum Gasteiger partial charge on any atom is 0.310 e. The highest BCUT2D eigenvalue weighted by Crippen LogP contribution is 2.71. The molecule has 178 valence electrons. The summed E-state index contributed by atoms with van der Waals surface area (Å²) in [7, 11) is 0. The van der Waals surface area contributed by atoms with E-state index in [4.69, 9.17) is 0 Å². The average Bonchev–Trinajstić information content (AvgIpc) is 2.70. The summed E-state index contributed by atoms with van der Waals surface area (Å²) in [6.07, 6.45) is 12.4. The van der Waals surface area contributed by atoms with Crippen molar-refractivity contribution in [2.75, 3.05) is 0 Å². The third kappa shape index (κ3) is 2.78. The number of carbonyl (C=O) groups excluding carboxylic acids is 1. The molecule has 1 N–H and O–H groups in total. The molecule has 0 saturated heterocycles. The quantitative estimate of drug-likeness (QED) is 0.444. The number of rotatable bonds is 1. The fourth-order valence-corrected chi connectivity index (χ4v) is 10.1. The van der Waals surface area contributed by atoms with E-state index < -0.39 is 11.4 Å². The lowest BCUT2D eigenvalue weighted by atomic mass is 9.37. The minimum atomic E-state index is -0.548. The van der Waals surface area contributed by atoms with Crippen LogP contribution in [0.4, 0.5) is 0 Å². The highest BCUT2D eigenvalue weighted by atomic mass is 16.4. The second kappa shape index (κ2) is 6.72. The van der Waals surface area contributed by atoms with Crippen LogP contribution < -0.4 is 0 Å². The van der Waals surface area contributed by atoms with Crippen molar-refractivity contribution in [2.24, 2.45) is 50.7 Å². The van der Waals surface area contributed by atoms with Gasteiger partial charge in [0.1, 0.15) is 5.78 Å². The van der Waals surface area contributed by atoms with Crippen LogP contribution in [-0.4, -0.2) is 16.9 Å². The standard InChI is InChI=1S/C29H44O3/c1-25(2)15-16-29(24(31)32)14-9-19-18(20(29)17-25)7-8-22-27(19,5)12-10-21-26(3,4)23(30)11-13-28(21,22)6/h7,19-22H,8-17H2,1-6H3,(H,31,32)/t19?,20?,21?,22?,27-,28-,29+/m0/s1. The summed E-state index contributed by atoms with van der Waals surface area (Å²) in [5.41, 5.74) is 1.43. The number of fused-ring (bicyclic) bond motifs is 7. The third-order valence-corrected chi connectivity index (χ3v) is 12.0. The second-order valence-corrected chi connectivity index (χ2v) is 14.2. The Morgan fingerprint density at radius 3 is 2.28 bits per heavy atom. The van der Waals surface area contributed by atoms with Gasteiger partial charge in [0.2, 0.25) is 0 Å². The van der Waals surface area contributed by atoms with Crippen molar-refractivity contribution in [3.8, 4) is 0 Å². The van der Waals surface area contributed by atoms with E-state index in [1.165, 1.54) is 12.0 Å². The van der Waals surface area contributed by atoms with Gasteiger partial charge >= 0.3 is 5.97 Å². The first-order valence-corrected chi connectivity index (χ1v) is 13.2. The SMILES string of the molecule is CC1(C)CC[C@]2(C(=O)O)CCC3C(=CCC4[C@@]3(C)CCC3C(C)(C)C(=O)CC[C@@]34C)C2C1. The smallest absolute Gasteiger partial charge is 0.310 e. The van der Waals surface area contributed by atoms with E-state index in [0.29, 0.717) is 23.5 Å². The van der Waals surface area contributed by atoms with Crippen molar-refractivity contribution in [1.82, 2.24) is 0 Å². The molecule has 32 heavy (non-hydrogen) atoms. The van der Waals surface area contributed by atoms with Gasteiger partial charge in [-0.15, -0.1) is 0 Å². The molecular weight excluding hydrogens is 396 g/mol. The Morgan fingerprint density at radius 2 is 1.59 bits per heavy atom. The number of Topliss-reactive ketones (excluding diaryl/α,β-unsaturated/α-hetero) is 1. The molecule has 5 rings (SSSR count). The van der Waals surface area contributed by atoms with Gasteiger partial charge in [0.25, 0.3) is 0 Å². The molecule has 0 aromatic rings. The lowest BCUT2D eigenvalue weighted by molar-refractivity contribution is -0.174. The normalized spacial score (nSPS) is 49.1. The van der Waals surface area contributed by atoms with Crippen molar-refractivity contribution in [3.05, 3.63) is 11.6 Å². The molecule has 0 heterocycles. The molecule has 0 amide bonds. The van der Waals surface area contributed by atoms with Crippen LogP contribution in [-0.2, 0) is 9.59 Å². The Bertz CT molecular complexity index is 881. The maximum absolute atomic E-state index is 12.8. The predicted octanol–water partition coefficient (Wildman–Crippen LogP) is 7.05. The Hall–Kier alpha value is -1.12. The molecule has 3 nitrogen and oxygen atoms in total. The van der Waals surface area contributed by atoms with Gasteiger partial charge in [-0.1, -0.05) is 53.2 Å². The first-order valence-electron chi connectivity index (χ1n) is 13.2. The number of carboxylic acid groups (broad SMARTS) is 1. The number of aliphatic carboxylic acids is 1. The number of carboxylic acids is 1. The number of hydrogen-bond acceptors (Lipinski definition) is 2. The Kier molecular flexibility index (Phi) is 4.76. The molecular formula is C29H44O3. The summed E-state index contributed by atoms with van der Waals surface area (Å²) in [5, 5.41) is 10.4. The minimum Gasteiger partial charge on any atom is -0.481 e. The lowest BCUT2D eigenvalue weighted by Gasteiger charge is -2.67. The van der Waals surface area contributed by atoms with E-state index in [2.05, 4.69) is 47.6 Å². The monoisotopic (exact) mass is 440 g/mol. The van der Waals surface area contributed by atoms with Crippen molar-refractivity contribution in [1.29, 1.82) is 0 Å². The highest BCUT2D eigenvalue weighted by Gasteiger charge is 2.65. The molecule has 7 atom stereocenters. The predicted molar refractivity (Wildman–Crippen MR) is 127 cm³/mol. The first-order chi connectivity index (χ1) is 14.8. The zero-order valence-corrected chi connectivity index (χ0v) is 21.2. The summed E-state index contributed by atoms with van der Waals surface area (Å²) < 4.78 is 0. The number of hydrogen-bond donors (Lipinski definition) is 1.